The second kappa shape index (κ2) is 12.8. The van der Waals surface area contributed by atoms with Crippen LogP contribution in [-0.2, 0) is 22.1 Å². The number of halogens is 5. The minimum absolute atomic E-state index is 0.0374. The van der Waals surface area contributed by atoms with Crippen LogP contribution in [0.1, 0.15) is 65.8 Å². The predicted octanol–water partition coefficient (Wildman–Crippen LogP) is 4.55. The first-order chi connectivity index (χ1) is 25.0. The van der Waals surface area contributed by atoms with Gasteiger partial charge < -0.3 is 29.5 Å². The van der Waals surface area contributed by atoms with E-state index < -0.39 is 41.0 Å². The van der Waals surface area contributed by atoms with Gasteiger partial charge in [-0.2, -0.15) is 23.1 Å². The zero-order chi connectivity index (χ0) is 35.9. The predicted molar refractivity (Wildman–Crippen MR) is 180 cm³/mol. The number of terminal acetylenes is 1. The van der Waals surface area contributed by atoms with Crippen LogP contribution < -0.4 is 15.0 Å². The molecule has 5 heterocycles. The summed E-state index contributed by atoms with van der Waals surface area (Å²) in [6.07, 6.45) is 3.05. The number of nitrogens with one attached hydrogen (secondary N) is 1. The van der Waals surface area contributed by atoms with Crippen molar-refractivity contribution < 1.29 is 41.3 Å². The van der Waals surface area contributed by atoms with Gasteiger partial charge in [-0.3, -0.25) is 4.90 Å². The van der Waals surface area contributed by atoms with E-state index in [0.717, 1.165) is 57.5 Å². The fourth-order valence-electron chi connectivity index (χ4n) is 9.29. The summed E-state index contributed by atoms with van der Waals surface area (Å²) in [6.45, 7) is 4.63. The lowest BCUT2D eigenvalue weighted by atomic mass is 9.74. The van der Waals surface area contributed by atoms with E-state index in [-0.39, 0.29) is 83.0 Å². The number of benzene rings is 2. The van der Waals surface area contributed by atoms with Gasteiger partial charge in [0.25, 0.3) is 0 Å². The van der Waals surface area contributed by atoms with Gasteiger partial charge in [-0.05, 0) is 61.8 Å². The van der Waals surface area contributed by atoms with Gasteiger partial charge in [-0.25, -0.2) is 8.78 Å². The molecule has 4 saturated heterocycles. The summed E-state index contributed by atoms with van der Waals surface area (Å²) in [4.78, 5) is 13.4. The van der Waals surface area contributed by atoms with Crippen molar-refractivity contribution in [1.82, 2.24) is 20.2 Å². The number of ether oxygens (including phenoxy) is 3. The third-order valence-corrected chi connectivity index (χ3v) is 11.9. The number of aliphatic hydroxyl groups is 1. The Morgan fingerprint density at radius 2 is 1.73 bits per heavy atom. The smallest absolute Gasteiger partial charge is 0.416 e. The van der Waals surface area contributed by atoms with E-state index in [0.29, 0.717) is 31.9 Å². The van der Waals surface area contributed by atoms with E-state index in [1.165, 1.54) is 6.07 Å². The zero-order valence-corrected chi connectivity index (χ0v) is 28.5. The Kier molecular flexibility index (Phi) is 8.39. The highest BCUT2D eigenvalue weighted by Gasteiger charge is 2.48. The van der Waals surface area contributed by atoms with Crippen LogP contribution in [0.15, 0.2) is 18.2 Å². The molecule has 2 aliphatic carbocycles. The molecule has 2 bridgehead atoms. The molecule has 9 nitrogen and oxygen atoms in total. The molecule has 14 heteroatoms. The number of piperazine rings is 1. The first kappa shape index (κ1) is 34.2. The SMILES string of the molecule is C#Cc1c(F)ccc2c1C(c1c(C(F)(F)F)cc3c(N4CC5CCC(C4)N5)nc(OCC4(CN5C[C@@H]6OCCO[C@@H]6C5)CC4)nc3c1F)C[C@H](O)C2. The number of rotatable bonds is 7. The molecule has 5 fully saturated rings. The van der Waals surface area contributed by atoms with Crippen LogP contribution in [0.25, 0.3) is 10.9 Å². The second-order valence-corrected chi connectivity index (χ2v) is 15.5. The van der Waals surface area contributed by atoms with Crippen molar-refractivity contribution in [2.75, 3.05) is 57.4 Å². The number of aliphatic hydroxyl groups excluding tert-OH is 1. The van der Waals surface area contributed by atoms with E-state index in [4.69, 9.17) is 25.6 Å². The molecule has 4 aliphatic heterocycles. The van der Waals surface area contributed by atoms with Crippen LogP contribution in [0.4, 0.5) is 27.8 Å². The largest absolute Gasteiger partial charge is 0.463 e. The van der Waals surface area contributed by atoms with Crippen LogP contribution in [0.2, 0.25) is 0 Å². The minimum atomic E-state index is -5.01. The number of hydrogen-bond acceptors (Lipinski definition) is 9. The molecule has 6 aliphatic rings. The van der Waals surface area contributed by atoms with Crippen molar-refractivity contribution in [2.24, 2.45) is 5.41 Å². The molecule has 6 atom stereocenters. The fourth-order valence-corrected chi connectivity index (χ4v) is 9.29. The highest BCUT2D eigenvalue weighted by Crippen LogP contribution is 2.49. The van der Waals surface area contributed by atoms with E-state index in [1.54, 1.807) is 0 Å². The standard InChI is InChI=1S/C38H40F5N5O4/c1-2-24-28(39)6-3-20-11-23(49)12-25(31(20)24)32-27(38(41,42)43)13-26-34(33(32)40)45-36(46-35(26)48-14-21-4-5-22(15-48)44-21)52-19-37(7-8-37)18-47-16-29-30(17-47)51-10-9-50-29/h1,3,6,13,21-23,25,29-30,44,49H,4-5,7-12,14-19H2/t21?,22?,23-,25?,29-,30+/m1/s1. The molecular formula is C38H40F5N5O4. The molecule has 0 spiro atoms. The average molecular weight is 726 g/mol. The maximum Gasteiger partial charge on any atom is 0.416 e. The Balaban J connectivity index is 1.13. The lowest BCUT2D eigenvalue weighted by molar-refractivity contribution is -0.138. The number of aromatic nitrogens is 2. The summed E-state index contributed by atoms with van der Waals surface area (Å²) < 4.78 is 95.7. The number of nitrogens with zero attached hydrogens (tertiary/aromatic N) is 4. The Morgan fingerprint density at radius 3 is 2.38 bits per heavy atom. The van der Waals surface area contributed by atoms with E-state index in [1.807, 2.05) is 4.90 Å². The van der Waals surface area contributed by atoms with Crippen molar-refractivity contribution in [3.05, 3.63) is 57.7 Å². The molecule has 0 amide bonds. The molecule has 9 rings (SSSR count). The van der Waals surface area contributed by atoms with Crippen molar-refractivity contribution in [3.63, 3.8) is 0 Å². The van der Waals surface area contributed by atoms with Gasteiger partial charge in [0.05, 0.1) is 49.3 Å². The van der Waals surface area contributed by atoms with Crippen LogP contribution in [0.5, 0.6) is 6.01 Å². The lowest BCUT2D eigenvalue weighted by Gasteiger charge is -2.35. The maximum absolute atomic E-state index is 17.3. The van der Waals surface area contributed by atoms with Gasteiger partial charge in [-0.15, -0.1) is 6.42 Å². The topological polar surface area (TPSA) is 92.2 Å². The summed E-state index contributed by atoms with van der Waals surface area (Å²) in [6, 6.07) is 3.53. The third-order valence-electron chi connectivity index (χ3n) is 11.9. The van der Waals surface area contributed by atoms with Crippen LogP contribution >= 0.6 is 0 Å². The maximum atomic E-state index is 17.3. The van der Waals surface area contributed by atoms with Crippen molar-refractivity contribution in [2.45, 2.75) is 81.0 Å². The number of fused-ring (bicyclic) bond motifs is 5. The summed E-state index contributed by atoms with van der Waals surface area (Å²) >= 11 is 0. The summed E-state index contributed by atoms with van der Waals surface area (Å²) in [5.41, 5.74) is -2.25. The van der Waals surface area contributed by atoms with Crippen LogP contribution in [0.3, 0.4) is 0 Å². The Bertz CT molecular complexity index is 1920. The summed E-state index contributed by atoms with van der Waals surface area (Å²) in [7, 11) is 0. The zero-order valence-electron chi connectivity index (χ0n) is 28.5. The van der Waals surface area contributed by atoms with Crippen LogP contribution in [0, 0.1) is 29.4 Å². The fraction of sp³-hybridized carbons (Fsp3) is 0.579. The van der Waals surface area contributed by atoms with Crippen molar-refractivity contribution in [3.8, 4) is 18.4 Å². The molecule has 3 aromatic rings. The van der Waals surface area contributed by atoms with Gasteiger partial charge in [0.15, 0.2) is 5.82 Å². The minimum Gasteiger partial charge on any atom is -0.463 e. The van der Waals surface area contributed by atoms with Crippen LogP contribution in [-0.4, -0.2) is 103 Å². The molecule has 3 unspecified atom stereocenters. The van der Waals surface area contributed by atoms with E-state index >= 15 is 22.0 Å². The highest BCUT2D eigenvalue weighted by molar-refractivity contribution is 5.92. The van der Waals surface area contributed by atoms with Gasteiger partial charge in [0.1, 0.15) is 17.2 Å². The van der Waals surface area contributed by atoms with Gasteiger partial charge in [0, 0.05) is 67.1 Å². The molecule has 52 heavy (non-hydrogen) atoms. The van der Waals surface area contributed by atoms with E-state index in [2.05, 4.69) is 21.1 Å². The lowest BCUT2D eigenvalue weighted by Crippen LogP contribution is -2.51. The van der Waals surface area contributed by atoms with Gasteiger partial charge in [0.2, 0.25) is 0 Å². The summed E-state index contributed by atoms with van der Waals surface area (Å²) in [5, 5.41) is 14.3. The Morgan fingerprint density at radius 1 is 1.02 bits per heavy atom. The number of anilines is 1. The third kappa shape index (κ3) is 6.08. The quantitative estimate of drug-likeness (QED) is 0.269. The molecule has 2 aromatic carbocycles. The van der Waals surface area contributed by atoms with Crippen molar-refractivity contribution in [1.29, 1.82) is 0 Å². The van der Waals surface area contributed by atoms with Crippen molar-refractivity contribution >= 4 is 16.7 Å². The molecule has 0 radical (unpaired) electrons. The van der Waals surface area contributed by atoms with Gasteiger partial charge >= 0.3 is 12.2 Å². The average Bonchev–Trinajstić information content (AvgIpc) is 3.62. The molecule has 276 valence electrons. The number of likely N-dealkylation sites (tertiary alicyclic amines) is 1. The first-order valence-corrected chi connectivity index (χ1v) is 18.2. The molecular weight excluding hydrogens is 685 g/mol. The highest BCUT2D eigenvalue weighted by atomic mass is 19.4. The summed E-state index contributed by atoms with van der Waals surface area (Å²) in [5.74, 6) is -0.948. The molecule has 2 N–H and O–H groups in total. The first-order valence-electron chi connectivity index (χ1n) is 18.2. The van der Waals surface area contributed by atoms with E-state index in [9.17, 15) is 5.11 Å². The Labute approximate surface area is 297 Å². The second-order valence-electron chi connectivity index (χ2n) is 15.5. The molecule has 1 aromatic heterocycles. The monoisotopic (exact) mass is 725 g/mol. The van der Waals surface area contributed by atoms with Gasteiger partial charge in [-0.1, -0.05) is 12.0 Å². The molecule has 1 saturated carbocycles. The number of hydrogen-bond donors (Lipinski definition) is 2. The Hall–Kier alpha value is -3.61. The number of alkyl halides is 3. The normalized spacial score (nSPS) is 29.5.